The lowest BCUT2D eigenvalue weighted by Gasteiger charge is -2.35. The zero-order chi connectivity index (χ0) is 39.1. The van der Waals surface area contributed by atoms with E-state index >= 15 is 0 Å². The highest BCUT2D eigenvalue weighted by Gasteiger charge is 2.42. The fourth-order valence-electron chi connectivity index (χ4n) is 7.25. The van der Waals surface area contributed by atoms with Gasteiger partial charge in [-0.1, -0.05) is 29.8 Å². The predicted molar refractivity (Wildman–Crippen MR) is 201 cm³/mol. The molecule has 0 spiro atoms. The van der Waals surface area contributed by atoms with Crippen molar-refractivity contribution in [2.75, 3.05) is 39.5 Å². The number of fused-ring (bicyclic) bond motifs is 2. The minimum absolute atomic E-state index is 0.00998. The van der Waals surface area contributed by atoms with E-state index < -0.39 is 42.3 Å². The van der Waals surface area contributed by atoms with Crippen molar-refractivity contribution in [1.29, 1.82) is 0 Å². The molecule has 5 atom stereocenters. The second-order valence-corrected chi connectivity index (χ2v) is 14.0. The number of hydrogen-bond donors (Lipinski definition) is 4. The number of carbonyl (C=O) groups excluding carboxylic acids is 2. The quantitative estimate of drug-likeness (QED) is 0.122. The van der Waals surface area contributed by atoms with Gasteiger partial charge in [0.25, 0.3) is 0 Å². The Labute approximate surface area is 323 Å². The highest BCUT2D eigenvalue weighted by Crippen LogP contribution is 2.42. The minimum atomic E-state index is -0.996. The number of nitrogens with one attached hydrogen (secondary N) is 2. The average Bonchev–Trinajstić information content (AvgIpc) is 3.17. The molecule has 3 aliphatic rings. The molecule has 3 aliphatic heterocycles. The number of rotatable bonds is 15. The summed E-state index contributed by atoms with van der Waals surface area (Å²) in [6.45, 7) is 4.10. The molecule has 14 heteroatoms. The summed E-state index contributed by atoms with van der Waals surface area (Å²) in [5, 5.41) is 17.9. The van der Waals surface area contributed by atoms with E-state index in [2.05, 4.69) is 10.6 Å². The summed E-state index contributed by atoms with van der Waals surface area (Å²) in [7, 11) is 0. The van der Waals surface area contributed by atoms with Gasteiger partial charge in [0, 0.05) is 30.4 Å². The number of aliphatic hydroxyl groups is 1. The molecule has 3 heterocycles. The Morgan fingerprint density at radius 3 is 2.27 bits per heavy atom. The van der Waals surface area contributed by atoms with Crippen LogP contribution in [0.4, 0.5) is 8.78 Å². The fourth-order valence-corrected chi connectivity index (χ4v) is 7.50. The standard InChI is InChI=1S/C41H46ClF2N3O8/c1-3-52-40(49)39-30(22-51-17-16-45)47-23(2)37(38(39)28-6-4-5-7-29(28)42)41(50)55-36(35-13-9-25-19-27(44)11-15-33(25)54-35)21-46-20-31(48)34-12-8-24-18-26(43)10-14-32(24)53-34/h4-7,10-11,14-15,18-19,31,34-36,38,46-48H,3,8-9,12-13,16-17,20-22,45H2,1-2H3/t31-,34+,35-,36-,38?/m0/s1. The van der Waals surface area contributed by atoms with E-state index in [-0.39, 0.29) is 62.2 Å². The number of aliphatic hydroxyl groups excluding tert-OH is 1. The molecule has 0 bridgehead atoms. The van der Waals surface area contributed by atoms with E-state index in [9.17, 15) is 23.5 Å². The van der Waals surface area contributed by atoms with Crippen LogP contribution in [0.5, 0.6) is 11.5 Å². The number of halogens is 3. The smallest absolute Gasteiger partial charge is 0.337 e. The Kier molecular flexibility index (Phi) is 13.4. The van der Waals surface area contributed by atoms with Crippen LogP contribution >= 0.6 is 11.6 Å². The summed E-state index contributed by atoms with van der Waals surface area (Å²) in [4.78, 5) is 28.3. The SMILES string of the molecule is CCOC(=O)C1=C(COCCN)NC(C)=C(C(=O)O[C@@H](CNC[C@H](O)[C@H]2CCc3cc(F)ccc3O2)[C@@H]2CCc3cc(F)ccc3O2)C1c1ccccc1Cl. The van der Waals surface area contributed by atoms with E-state index in [0.717, 1.165) is 5.56 Å². The van der Waals surface area contributed by atoms with Gasteiger partial charge in [0.1, 0.15) is 41.4 Å². The first-order valence-electron chi connectivity index (χ1n) is 18.5. The molecule has 0 aromatic heterocycles. The molecule has 0 fully saturated rings. The molecular weight excluding hydrogens is 736 g/mol. The predicted octanol–water partition coefficient (Wildman–Crippen LogP) is 5.02. The van der Waals surface area contributed by atoms with Crippen molar-refractivity contribution in [2.45, 2.75) is 69.9 Å². The minimum Gasteiger partial charge on any atom is -0.487 e. The summed E-state index contributed by atoms with van der Waals surface area (Å²) < 4.78 is 57.7. The first-order valence-corrected chi connectivity index (χ1v) is 18.9. The number of hydrogen-bond acceptors (Lipinski definition) is 11. The molecule has 3 aromatic rings. The van der Waals surface area contributed by atoms with E-state index in [0.29, 0.717) is 64.7 Å². The molecular formula is C41H46ClF2N3O8. The average molecular weight is 782 g/mol. The molecule has 5 N–H and O–H groups in total. The molecule has 0 saturated carbocycles. The normalized spacial score (nSPS) is 20.3. The highest BCUT2D eigenvalue weighted by atomic mass is 35.5. The number of nitrogens with two attached hydrogens (primary N) is 1. The van der Waals surface area contributed by atoms with E-state index in [4.69, 9.17) is 41.0 Å². The molecule has 0 saturated heterocycles. The van der Waals surface area contributed by atoms with Gasteiger partial charge in [-0.3, -0.25) is 0 Å². The summed E-state index contributed by atoms with van der Waals surface area (Å²) in [6, 6.07) is 15.5. The molecule has 294 valence electrons. The first-order chi connectivity index (χ1) is 26.6. The van der Waals surface area contributed by atoms with E-state index in [1.54, 1.807) is 50.2 Å². The van der Waals surface area contributed by atoms with Crippen molar-refractivity contribution in [3.05, 3.63) is 117 Å². The van der Waals surface area contributed by atoms with Crippen LogP contribution in [0.1, 0.15) is 49.3 Å². The maximum Gasteiger partial charge on any atom is 0.337 e. The van der Waals surface area contributed by atoms with Gasteiger partial charge in [-0.25, -0.2) is 18.4 Å². The molecule has 11 nitrogen and oxygen atoms in total. The summed E-state index contributed by atoms with van der Waals surface area (Å²) in [5.74, 6) is -2.12. The van der Waals surface area contributed by atoms with Crippen LogP contribution in [-0.2, 0) is 36.6 Å². The molecule has 1 unspecified atom stereocenters. The van der Waals surface area contributed by atoms with Crippen molar-refractivity contribution in [3.8, 4) is 11.5 Å². The number of allylic oxidation sites excluding steroid dienone is 1. The van der Waals surface area contributed by atoms with E-state index in [1.807, 2.05) is 0 Å². The number of dihydropyridines is 1. The van der Waals surface area contributed by atoms with Crippen LogP contribution in [0, 0.1) is 11.6 Å². The van der Waals surface area contributed by atoms with Crippen molar-refractivity contribution in [3.63, 3.8) is 0 Å². The second kappa shape index (κ2) is 18.4. The number of ether oxygens (including phenoxy) is 5. The number of carbonyl (C=O) groups is 2. The van der Waals surface area contributed by atoms with Crippen molar-refractivity contribution >= 4 is 23.5 Å². The highest BCUT2D eigenvalue weighted by molar-refractivity contribution is 6.31. The monoisotopic (exact) mass is 781 g/mol. The maximum absolute atomic E-state index is 14.6. The third-order valence-corrected chi connectivity index (χ3v) is 10.2. The lowest BCUT2D eigenvalue weighted by atomic mass is 9.80. The van der Waals surface area contributed by atoms with Gasteiger partial charge in [-0.15, -0.1) is 0 Å². The van der Waals surface area contributed by atoms with Crippen molar-refractivity contribution < 1.29 is 47.2 Å². The maximum atomic E-state index is 14.6. The van der Waals surface area contributed by atoms with Crippen LogP contribution in [-0.4, -0.2) is 80.9 Å². The Morgan fingerprint density at radius 2 is 1.62 bits per heavy atom. The Hall–Kier alpha value is -4.53. The Bertz CT molecular complexity index is 1940. The fraction of sp³-hybridized carbons (Fsp3) is 0.415. The molecule has 6 rings (SSSR count). The summed E-state index contributed by atoms with van der Waals surface area (Å²) in [5.41, 5.74) is 8.67. The van der Waals surface area contributed by atoms with Crippen LogP contribution in [0.3, 0.4) is 0 Å². The third kappa shape index (κ3) is 9.47. The largest absolute Gasteiger partial charge is 0.487 e. The summed E-state index contributed by atoms with van der Waals surface area (Å²) in [6.07, 6.45) is -1.16. The molecule has 55 heavy (non-hydrogen) atoms. The van der Waals surface area contributed by atoms with Crippen LogP contribution in [0.25, 0.3) is 0 Å². The lowest BCUT2D eigenvalue weighted by molar-refractivity contribution is -0.150. The van der Waals surface area contributed by atoms with Crippen LogP contribution in [0.15, 0.2) is 83.2 Å². The first kappa shape index (κ1) is 40.1. The van der Waals surface area contributed by atoms with Gasteiger partial charge >= 0.3 is 11.9 Å². The zero-order valence-corrected chi connectivity index (χ0v) is 31.5. The van der Waals surface area contributed by atoms with Gasteiger partial charge < -0.3 is 45.2 Å². The summed E-state index contributed by atoms with van der Waals surface area (Å²) >= 11 is 6.76. The topological polar surface area (TPSA) is 151 Å². The number of esters is 2. The van der Waals surface area contributed by atoms with Gasteiger partial charge in [-0.2, -0.15) is 0 Å². The van der Waals surface area contributed by atoms with Gasteiger partial charge in [0.05, 0.1) is 42.6 Å². The number of benzene rings is 3. The van der Waals surface area contributed by atoms with E-state index in [1.165, 1.54) is 24.3 Å². The van der Waals surface area contributed by atoms with Crippen molar-refractivity contribution in [1.82, 2.24) is 10.6 Å². The molecule has 0 amide bonds. The van der Waals surface area contributed by atoms with Crippen molar-refractivity contribution in [2.24, 2.45) is 5.73 Å². The Balaban J connectivity index is 1.27. The lowest BCUT2D eigenvalue weighted by Crippen LogP contribution is -2.48. The van der Waals surface area contributed by atoms with Gasteiger partial charge in [0.15, 0.2) is 6.10 Å². The van der Waals surface area contributed by atoms with Gasteiger partial charge in [0.2, 0.25) is 0 Å². The second-order valence-electron chi connectivity index (χ2n) is 13.6. The Morgan fingerprint density at radius 1 is 0.964 bits per heavy atom. The van der Waals surface area contributed by atoms with Crippen LogP contribution in [0.2, 0.25) is 5.02 Å². The van der Waals surface area contributed by atoms with Gasteiger partial charge in [-0.05, 0) is 98.7 Å². The van der Waals surface area contributed by atoms with Crippen LogP contribution < -0.4 is 25.8 Å². The molecule has 0 radical (unpaired) electrons. The zero-order valence-electron chi connectivity index (χ0n) is 30.7. The number of aryl methyl sites for hydroxylation is 2. The third-order valence-electron chi connectivity index (χ3n) is 9.88. The molecule has 0 aliphatic carbocycles. The molecule has 3 aromatic carbocycles.